The van der Waals surface area contributed by atoms with Gasteiger partial charge in [-0.1, -0.05) is 439 Å². The van der Waals surface area contributed by atoms with E-state index in [4.69, 9.17) is 10.2 Å². The maximum Gasteiger partial charge on any atom is 0.396 e. The van der Waals surface area contributed by atoms with Crippen LogP contribution in [0.1, 0.15) is 596 Å². The largest absolute Gasteiger partial charge is 0.396 e. The monoisotopic (exact) mass is 2030 g/mol. The van der Waals surface area contributed by atoms with Gasteiger partial charge in [-0.15, -0.1) is 0 Å². The summed E-state index contributed by atoms with van der Waals surface area (Å²) in [6.45, 7) is 104. The van der Waals surface area contributed by atoms with Crippen LogP contribution in [0.2, 0.25) is 0 Å². The number of carbonyl (C=O) groups excluding carboxylic acids is 3. The summed E-state index contributed by atoms with van der Waals surface area (Å²) in [7, 11) is -2.82. The van der Waals surface area contributed by atoms with Crippen molar-refractivity contribution in [2.45, 2.75) is 621 Å². The predicted molar refractivity (Wildman–Crippen MR) is 615 cm³/mol. The fourth-order valence-electron chi connectivity index (χ4n) is 16.7. The Morgan fingerprint density at radius 1 is 0.236 bits per heavy atom. The number of aliphatic hydroxyl groups is 7. The average Bonchev–Trinajstić information content (AvgIpc) is 0.789. The van der Waals surface area contributed by atoms with Gasteiger partial charge in [-0.3, -0.25) is 0 Å². The van der Waals surface area contributed by atoms with Gasteiger partial charge in [-0.25, -0.2) is 8.42 Å². The van der Waals surface area contributed by atoms with E-state index in [9.17, 15) is 61.5 Å². The number of ketones is 3. The summed E-state index contributed by atoms with van der Waals surface area (Å²) in [6.07, 6.45) is 40.4. The first-order chi connectivity index (χ1) is 63.8. The maximum absolute atomic E-state index is 12.8. The molecule has 12 nitrogen and oxygen atoms in total. The van der Waals surface area contributed by atoms with Gasteiger partial charge in [0.15, 0.2) is 0 Å². The quantitative estimate of drug-likeness (QED) is 0.0282. The lowest BCUT2D eigenvalue weighted by molar-refractivity contribution is -0.254. The molecule has 0 rings (SSSR count). The lowest BCUT2D eigenvalue weighted by Gasteiger charge is -2.37. The molecule has 0 saturated heterocycles. The Balaban J connectivity index is -0.000000146. The van der Waals surface area contributed by atoms with Crippen molar-refractivity contribution in [2.75, 3.05) is 38.4 Å². The van der Waals surface area contributed by atoms with Gasteiger partial charge in [-0.05, 0) is 257 Å². The molecule has 856 valence electrons. The van der Waals surface area contributed by atoms with E-state index in [-0.39, 0.29) is 62.6 Å². The van der Waals surface area contributed by atoms with Crippen molar-refractivity contribution in [2.24, 2.45) is 125 Å². The normalized spacial score (nSPS) is 17.1. The Kier molecular flexibility index (Phi) is 99.0. The minimum Gasteiger partial charge on any atom is -0.396 e. The number of sulfone groups is 1. The smallest absolute Gasteiger partial charge is 0.396 e. The topological polar surface area (TPSA) is 227 Å². The van der Waals surface area contributed by atoms with Crippen molar-refractivity contribution in [1.29, 1.82) is 0 Å². The van der Waals surface area contributed by atoms with Crippen LogP contribution in [-0.2, 0) is 24.2 Å². The van der Waals surface area contributed by atoms with Crippen LogP contribution in [0.15, 0.2) is 0 Å². The van der Waals surface area contributed by atoms with E-state index < -0.39 is 34.0 Å². The van der Waals surface area contributed by atoms with Gasteiger partial charge in [0.25, 0.3) is 0 Å². The van der Waals surface area contributed by atoms with E-state index >= 15 is 0 Å². The number of hydrogen-bond acceptors (Lipinski definition) is 12. The molecule has 0 aliphatic carbocycles. The summed E-state index contributed by atoms with van der Waals surface area (Å²) in [5.41, 5.74) is 0.120. The first kappa shape index (κ1) is 161. The van der Waals surface area contributed by atoms with Crippen LogP contribution >= 0.6 is 0 Å². The van der Waals surface area contributed by atoms with Crippen molar-refractivity contribution in [3.63, 3.8) is 0 Å². The standard InChI is InChI=1S/3C13H26O.C12H26O2S.4C11H24O.C10H19F3O.C10H22O.C9H20O/c3*1-6-7-9-13(5,11(2)3)10-8-12(4)14;1-6-7-8-12(4,11(2)3)9-10-15(5,13)14;3*1-6-7-8-11(5,9(2)3)10(4)12;1-5-6-7-8-11(4,9-12)10(2)3;1-4-5-6-9(7-14,8(2)3)10(11,12)13;1-5-6-7-10(4,8-11)9(2)3;1-5-6-9(4,7-10)8(2)3/h3*11H,6-10H2,1-5H3;11H,6-10H2,1-5H3;3*9-10,12H,6-8H2,1-5H3;10,12H,5-9H2,1-4H3;8,14H,4-7H2,1-3H3;9,11H,5-8H2,1-4H3;8,10H,5-7H2,1-4H3/t3*13-;12-;10?,11-;10-,11+;10-,11-;11-;9-;10-;9-/m00001010100/s1. The molecule has 0 aromatic carbocycles. The number of rotatable bonds is 63. The fourth-order valence-corrected chi connectivity index (χ4v) is 17.6. The zero-order chi connectivity index (χ0) is 113. The molecule has 0 amide bonds. The van der Waals surface area contributed by atoms with E-state index in [1.54, 1.807) is 20.8 Å². The highest BCUT2D eigenvalue weighted by molar-refractivity contribution is 7.90. The Morgan fingerprint density at radius 3 is 0.564 bits per heavy atom. The third-order valence-corrected chi connectivity index (χ3v) is 36.6. The highest BCUT2D eigenvalue weighted by atomic mass is 32.2. The number of aliphatic hydroxyl groups excluding tert-OH is 7. The molecule has 0 spiro atoms. The van der Waals surface area contributed by atoms with Crippen molar-refractivity contribution in [3.8, 4) is 0 Å². The van der Waals surface area contributed by atoms with Gasteiger partial charge < -0.3 is 50.1 Å². The summed E-state index contributed by atoms with van der Waals surface area (Å²) < 4.78 is 60.7. The SMILES string of the molecule is CCCCC[C@@](C)(CO)C(C)C.CCCC[C@@](C)(CCC(C)=O)C(C)C.CCCC[C@@](C)(CCC(C)=O)C(C)C.CCCC[C@@](C)(CCC(C)=O)C(C)C.CCCC[C@@](C)(CCS(C)(=O)=O)C(C)C.CCCC[C@@](C)(CO)C(C)C.CCCC[C@@](CO)(C(C)C)C(F)(F)F.CCCC[C@](C)(C(C)C)C(C)O.CCCC[C@](C)(C(C)C)[C@@H](C)O.CCCC[C@](C)(C(C)C)[C@H](C)O.CCC[C@@](C)(CO)C(C)C. The number of alkyl halides is 3. The number of carbonyl (C=O) groups is 3. The molecule has 0 bridgehead atoms. The maximum atomic E-state index is 12.8. The number of halogens is 3. The number of hydrogen-bond donors (Lipinski definition) is 7. The molecule has 0 saturated carbocycles. The Hall–Kier alpha value is -1.53. The van der Waals surface area contributed by atoms with Crippen LogP contribution in [0.4, 0.5) is 13.2 Å². The van der Waals surface area contributed by atoms with E-state index in [0.29, 0.717) is 131 Å². The van der Waals surface area contributed by atoms with E-state index in [1.807, 2.05) is 27.7 Å². The molecule has 7 N–H and O–H groups in total. The second-order valence-electron chi connectivity index (χ2n) is 50.2. The van der Waals surface area contributed by atoms with Crippen molar-refractivity contribution < 1.29 is 71.7 Å². The zero-order valence-electron chi connectivity index (χ0n) is 104. The van der Waals surface area contributed by atoms with Crippen molar-refractivity contribution >= 4 is 27.2 Å². The van der Waals surface area contributed by atoms with E-state index in [0.717, 1.165) is 96.3 Å². The number of Topliss-reactive ketones (excluding diaryl/α,β-unsaturated/α-hetero) is 3. The molecule has 14 atom stereocenters. The summed E-state index contributed by atoms with van der Waals surface area (Å²) in [5, 5.41) is 65.5. The minimum atomic E-state index is -4.31. The van der Waals surface area contributed by atoms with Gasteiger partial charge >= 0.3 is 6.18 Å². The molecule has 1 unspecified atom stereocenters. The van der Waals surface area contributed by atoms with Gasteiger partial charge in [0.1, 0.15) is 27.2 Å². The molecule has 0 aliphatic heterocycles. The lowest BCUT2D eigenvalue weighted by Crippen LogP contribution is -2.45. The zero-order valence-corrected chi connectivity index (χ0v) is 105. The van der Waals surface area contributed by atoms with Gasteiger partial charge in [-0.2, -0.15) is 13.2 Å². The molecule has 16 heteroatoms. The molecule has 0 heterocycles. The summed E-state index contributed by atoms with van der Waals surface area (Å²) in [5.74, 6) is 6.72. The first-order valence-electron chi connectivity index (χ1n) is 58.0. The average molecular weight is 2030 g/mol. The Morgan fingerprint density at radius 2 is 0.421 bits per heavy atom. The lowest BCUT2D eigenvalue weighted by atomic mass is 9.71. The minimum absolute atomic E-state index is 0.0150. The van der Waals surface area contributed by atoms with Crippen LogP contribution in [0.5, 0.6) is 0 Å². The molecular weight excluding hydrogens is 1770 g/mol. The van der Waals surface area contributed by atoms with E-state index in [1.165, 1.54) is 161 Å². The van der Waals surface area contributed by atoms with Gasteiger partial charge in [0.2, 0.25) is 0 Å². The van der Waals surface area contributed by atoms with Gasteiger partial charge in [0, 0.05) is 45.3 Å². The van der Waals surface area contributed by atoms with E-state index in [2.05, 4.69) is 277 Å². The predicted octanol–water partition coefficient (Wildman–Crippen LogP) is 37.4. The highest BCUT2D eigenvalue weighted by Gasteiger charge is 2.55. The molecule has 0 radical (unpaired) electrons. The highest BCUT2D eigenvalue weighted by Crippen LogP contribution is 2.49. The molecule has 0 aromatic heterocycles. The second kappa shape index (κ2) is 86.1. The van der Waals surface area contributed by atoms with Crippen LogP contribution in [0, 0.1) is 125 Å². The summed E-state index contributed by atoms with van der Waals surface area (Å²) in [4.78, 5) is 33.0. The molecule has 0 aliphatic rings. The van der Waals surface area contributed by atoms with Gasteiger partial charge in [0.05, 0.1) is 36.1 Å². The Labute approximate surface area is 877 Å². The molecule has 140 heavy (non-hydrogen) atoms. The van der Waals surface area contributed by atoms with Crippen LogP contribution in [-0.4, -0.2) is 124 Å². The van der Waals surface area contributed by atoms with Crippen molar-refractivity contribution in [3.05, 3.63) is 0 Å². The van der Waals surface area contributed by atoms with Crippen molar-refractivity contribution in [1.82, 2.24) is 0 Å². The molecular formula is C124H261F3O12S. The second-order valence-corrected chi connectivity index (χ2v) is 52.5. The molecule has 0 aromatic rings. The Bertz CT molecular complexity index is 2730. The third kappa shape index (κ3) is 74.4. The summed E-state index contributed by atoms with van der Waals surface area (Å²) >= 11 is 0. The van der Waals surface area contributed by atoms with Crippen LogP contribution in [0.25, 0.3) is 0 Å². The summed E-state index contributed by atoms with van der Waals surface area (Å²) in [6, 6.07) is 0. The first-order valence-corrected chi connectivity index (χ1v) is 60.1. The third-order valence-electron chi connectivity index (χ3n) is 35.7. The molecule has 0 fully saturated rings. The van der Waals surface area contributed by atoms with Crippen LogP contribution < -0.4 is 0 Å². The number of unbranched alkanes of at least 4 members (excludes halogenated alkanes) is 11. The fraction of sp³-hybridized carbons (Fsp3) is 0.976. The van der Waals surface area contributed by atoms with Crippen LogP contribution in [0.3, 0.4) is 0 Å².